The Balaban J connectivity index is 1.65. The maximum absolute atomic E-state index is 13.1. The number of benzene rings is 5. The second kappa shape index (κ2) is 13.1. The van der Waals surface area contributed by atoms with Gasteiger partial charge in [-0.2, -0.15) is 0 Å². The first kappa shape index (κ1) is 27.9. The average molecular weight is 541 g/mol. The van der Waals surface area contributed by atoms with Gasteiger partial charge in [-0.25, -0.2) is 0 Å². The van der Waals surface area contributed by atoms with Gasteiger partial charge in [0.25, 0.3) is 0 Å². The van der Waals surface area contributed by atoms with Crippen LogP contribution in [0.3, 0.4) is 0 Å². The van der Waals surface area contributed by atoms with E-state index in [1.807, 2.05) is 53.4 Å². The third kappa shape index (κ3) is 6.24. The van der Waals surface area contributed by atoms with E-state index < -0.39 is 5.54 Å². The maximum Gasteiger partial charge on any atom is 0.219 e. The molecule has 1 N–H and O–H groups in total. The topological polar surface area (TPSA) is 41.6 Å². The molecule has 1 atom stereocenters. The second-order valence-corrected chi connectivity index (χ2v) is 10.2. The van der Waals surface area contributed by atoms with Crippen molar-refractivity contribution in [2.24, 2.45) is 0 Å². The van der Waals surface area contributed by atoms with Crippen LogP contribution in [0, 0.1) is 0 Å². The molecular formula is C37H36N2O2. The lowest BCUT2D eigenvalue weighted by Crippen LogP contribution is -2.49. The Kier molecular flexibility index (Phi) is 8.92. The van der Waals surface area contributed by atoms with E-state index in [1.54, 1.807) is 14.0 Å². The molecule has 0 spiro atoms. The molecule has 1 unspecified atom stereocenters. The third-order valence-electron chi connectivity index (χ3n) is 7.62. The largest absolute Gasteiger partial charge is 0.496 e. The van der Waals surface area contributed by atoms with Crippen molar-refractivity contribution in [3.05, 3.63) is 173 Å². The highest BCUT2D eigenvalue weighted by atomic mass is 16.5. The molecule has 5 aromatic rings. The minimum Gasteiger partial charge on any atom is -0.496 e. The smallest absolute Gasteiger partial charge is 0.219 e. The van der Waals surface area contributed by atoms with Gasteiger partial charge in [0.1, 0.15) is 5.75 Å². The zero-order chi connectivity index (χ0) is 28.5. The van der Waals surface area contributed by atoms with Gasteiger partial charge in [-0.15, -0.1) is 0 Å². The van der Waals surface area contributed by atoms with E-state index in [0.29, 0.717) is 13.1 Å². The van der Waals surface area contributed by atoms with Crippen LogP contribution in [-0.2, 0) is 16.9 Å². The molecule has 0 heterocycles. The highest BCUT2D eigenvalue weighted by Crippen LogP contribution is 2.39. The number of carbonyl (C=O) groups is 1. The molecule has 0 bridgehead atoms. The molecule has 0 saturated carbocycles. The number of hydrogen-bond acceptors (Lipinski definition) is 3. The van der Waals surface area contributed by atoms with Gasteiger partial charge in [-0.05, 0) is 28.3 Å². The Labute approximate surface area is 243 Å². The van der Waals surface area contributed by atoms with Crippen LogP contribution in [-0.4, -0.2) is 24.5 Å². The Morgan fingerprint density at radius 2 is 1.12 bits per heavy atom. The zero-order valence-corrected chi connectivity index (χ0v) is 23.6. The molecule has 5 rings (SSSR count). The SMILES string of the molecule is COc1ccccc1CN(CC(NC(c1ccccc1)(c1ccccc1)c1ccccc1)c1ccccc1)C(C)=O. The van der Waals surface area contributed by atoms with Crippen molar-refractivity contribution in [2.45, 2.75) is 25.0 Å². The number of rotatable bonds is 11. The molecule has 4 heteroatoms. The minimum absolute atomic E-state index is 0.00312. The minimum atomic E-state index is -0.683. The predicted octanol–water partition coefficient (Wildman–Crippen LogP) is 7.37. The number of amides is 1. The molecule has 0 aromatic heterocycles. The summed E-state index contributed by atoms with van der Waals surface area (Å²) in [5, 5.41) is 4.11. The highest BCUT2D eigenvalue weighted by Gasteiger charge is 2.39. The number of ether oxygens (including phenoxy) is 1. The molecule has 0 radical (unpaired) electrons. The van der Waals surface area contributed by atoms with Gasteiger partial charge in [-0.3, -0.25) is 10.1 Å². The fraction of sp³-hybridized carbons (Fsp3) is 0.162. The van der Waals surface area contributed by atoms with Crippen LogP contribution < -0.4 is 10.1 Å². The van der Waals surface area contributed by atoms with E-state index in [9.17, 15) is 4.79 Å². The zero-order valence-electron chi connectivity index (χ0n) is 23.6. The van der Waals surface area contributed by atoms with Crippen LogP contribution >= 0.6 is 0 Å². The molecule has 0 aliphatic carbocycles. The molecule has 0 aliphatic heterocycles. The van der Waals surface area contributed by atoms with Crippen LogP contribution in [0.5, 0.6) is 5.75 Å². The fourth-order valence-electron chi connectivity index (χ4n) is 5.56. The van der Waals surface area contributed by atoms with E-state index in [4.69, 9.17) is 4.74 Å². The van der Waals surface area contributed by atoms with E-state index in [-0.39, 0.29) is 11.9 Å². The van der Waals surface area contributed by atoms with Crippen molar-refractivity contribution in [1.82, 2.24) is 10.2 Å². The predicted molar refractivity (Wildman–Crippen MR) is 166 cm³/mol. The first-order chi connectivity index (χ1) is 20.1. The van der Waals surface area contributed by atoms with Gasteiger partial charge in [0.05, 0.1) is 18.7 Å². The van der Waals surface area contributed by atoms with Crippen molar-refractivity contribution >= 4 is 5.91 Å². The third-order valence-corrected chi connectivity index (χ3v) is 7.62. The summed E-state index contributed by atoms with van der Waals surface area (Å²) in [6.07, 6.45) is 0. The van der Waals surface area contributed by atoms with E-state index >= 15 is 0 Å². The molecule has 0 saturated heterocycles. The quantitative estimate of drug-likeness (QED) is 0.178. The van der Waals surface area contributed by atoms with Gasteiger partial charge in [-0.1, -0.05) is 140 Å². The van der Waals surface area contributed by atoms with Crippen LogP contribution in [0.4, 0.5) is 0 Å². The number of carbonyl (C=O) groups excluding carboxylic acids is 1. The Morgan fingerprint density at radius 1 is 0.683 bits per heavy atom. The number of para-hydroxylation sites is 1. The molecule has 1 amide bonds. The molecule has 0 aliphatic rings. The standard InChI is InChI=1S/C37H36N2O2/c1-29(40)39(27-31-19-15-16-26-36(31)41-2)28-35(30-17-7-3-8-18-30)38-37(32-20-9-4-10-21-32,33-22-11-5-12-23-33)34-24-13-6-14-25-34/h3-26,35,38H,27-28H2,1-2H3. The van der Waals surface area contributed by atoms with Gasteiger partial charge < -0.3 is 9.64 Å². The highest BCUT2D eigenvalue weighted by molar-refractivity contribution is 5.73. The van der Waals surface area contributed by atoms with Crippen molar-refractivity contribution in [2.75, 3.05) is 13.7 Å². The normalized spacial score (nSPS) is 12.0. The summed E-state index contributed by atoms with van der Waals surface area (Å²) in [6, 6.07) is 49.7. The van der Waals surface area contributed by atoms with Gasteiger partial charge >= 0.3 is 0 Å². The lowest BCUT2D eigenvalue weighted by molar-refractivity contribution is -0.129. The fourth-order valence-corrected chi connectivity index (χ4v) is 5.56. The second-order valence-electron chi connectivity index (χ2n) is 10.2. The summed E-state index contributed by atoms with van der Waals surface area (Å²) in [7, 11) is 1.67. The summed E-state index contributed by atoms with van der Waals surface area (Å²) < 4.78 is 5.62. The maximum atomic E-state index is 13.1. The summed E-state index contributed by atoms with van der Waals surface area (Å²) in [4.78, 5) is 15.0. The van der Waals surface area contributed by atoms with Gasteiger partial charge in [0.2, 0.25) is 5.91 Å². The lowest BCUT2D eigenvalue weighted by Gasteiger charge is -2.41. The van der Waals surface area contributed by atoms with Crippen molar-refractivity contribution in [3.63, 3.8) is 0 Å². The summed E-state index contributed by atoms with van der Waals surface area (Å²) in [6.45, 7) is 2.54. The van der Waals surface area contributed by atoms with Crippen LogP contribution in [0.2, 0.25) is 0 Å². The molecule has 41 heavy (non-hydrogen) atoms. The first-order valence-corrected chi connectivity index (χ1v) is 14.0. The van der Waals surface area contributed by atoms with Crippen LogP contribution in [0.25, 0.3) is 0 Å². The Bertz CT molecular complexity index is 1430. The van der Waals surface area contributed by atoms with E-state index in [0.717, 1.165) is 33.6 Å². The Morgan fingerprint density at radius 3 is 1.59 bits per heavy atom. The average Bonchev–Trinajstić information content (AvgIpc) is 3.04. The monoisotopic (exact) mass is 540 g/mol. The first-order valence-electron chi connectivity index (χ1n) is 14.0. The van der Waals surface area contributed by atoms with Gasteiger partial charge in [0.15, 0.2) is 0 Å². The van der Waals surface area contributed by atoms with Crippen LogP contribution in [0.1, 0.15) is 40.8 Å². The molecule has 206 valence electrons. The molecule has 0 fully saturated rings. The van der Waals surface area contributed by atoms with E-state index in [1.165, 1.54) is 0 Å². The summed E-state index contributed by atoms with van der Waals surface area (Å²) in [5.41, 5.74) is 4.76. The molecule has 5 aromatic carbocycles. The molecular weight excluding hydrogens is 504 g/mol. The number of hydrogen-bond donors (Lipinski definition) is 1. The van der Waals surface area contributed by atoms with Crippen molar-refractivity contribution in [3.8, 4) is 5.75 Å². The lowest BCUT2D eigenvalue weighted by atomic mass is 9.76. The van der Waals surface area contributed by atoms with Crippen LogP contribution in [0.15, 0.2) is 146 Å². The molecule has 4 nitrogen and oxygen atoms in total. The van der Waals surface area contributed by atoms with Crippen molar-refractivity contribution < 1.29 is 9.53 Å². The summed E-state index contributed by atoms with van der Waals surface area (Å²) in [5.74, 6) is 0.776. The Hall–Kier alpha value is -4.67. The van der Waals surface area contributed by atoms with Gasteiger partial charge in [0, 0.05) is 25.6 Å². The number of nitrogens with one attached hydrogen (secondary N) is 1. The summed E-state index contributed by atoms with van der Waals surface area (Å²) >= 11 is 0. The number of methoxy groups -OCH3 is 1. The van der Waals surface area contributed by atoms with Crippen molar-refractivity contribution in [1.29, 1.82) is 0 Å². The number of nitrogens with zero attached hydrogens (tertiary/aromatic N) is 1. The van der Waals surface area contributed by atoms with E-state index in [2.05, 4.69) is 102 Å².